The normalized spacial score (nSPS) is 24.7. The van der Waals surface area contributed by atoms with E-state index in [1.807, 2.05) is 35.2 Å². The van der Waals surface area contributed by atoms with Gasteiger partial charge in [0.15, 0.2) is 0 Å². The van der Waals surface area contributed by atoms with Gasteiger partial charge in [0, 0.05) is 52.6 Å². The molecule has 0 aliphatic carbocycles. The van der Waals surface area contributed by atoms with Crippen LogP contribution >= 0.6 is 0 Å². The van der Waals surface area contributed by atoms with E-state index in [1.54, 1.807) is 18.7 Å². The van der Waals surface area contributed by atoms with Crippen molar-refractivity contribution < 1.29 is 19.4 Å². The number of amides is 2. The fourth-order valence-corrected chi connectivity index (χ4v) is 4.14. The van der Waals surface area contributed by atoms with E-state index in [0.717, 1.165) is 32.5 Å². The van der Waals surface area contributed by atoms with Crippen molar-refractivity contribution in [2.75, 3.05) is 45.9 Å². The lowest BCUT2D eigenvalue weighted by atomic mass is 9.99. The SMILES string of the molecule is CC(=O)N1CCC(N2CCN(C(C)=O)CC(O)(COc3ccccc3)C2)CC1. The number of carbonyl (C=O) groups is 2. The largest absolute Gasteiger partial charge is 0.490 e. The second-order valence-corrected chi connectivity index (χ2v) is 7.97. The molecule has 1 unspecified atom stereocenters. The lowest BCUT2D eigenvalue weighted by Crippen LogP contribution is -2.54. The van der Waals surface area contributed by atoms with Crippen molar-refractivity contribution in [3.8, 4) is 5.75 Å². The molecule has 2 heterocycles. The summed E-state index contributed by atoms with van der Waals surface area (Å²) in [6.07, 6.45) is 1.77. The van der Waals surface area contributed by atoms with Crippen LogP contribution in [0.1, 0.15) is 26.7 Å². The minimum atomic E-state index is -1.14. The number of hydrogen-bond donors (Lipinski definition) is 1. The number of nitrogens with zero attached hydrogens (tertiary/aromatic N) is 3. The summed E-state index contributed by atoms with van der Waals surface area (Å²) in [5, 5.41) is 11.3. The smallest absolute Gasteiger partial charge is 0.219 e. The highest BCUT2D eigenvalue weighted by Crippen LogP contribution is 2.23. The Morgan fingerprint density at radius 3 is 2.25 bits per heavy atom. The van der Waals surface area contributed by atoms with Crippen molar-refractivity contribution in [1.29, 1.82) is 0 Å². The Morgan fingerprint density at radius 1 is 1.00 bits per heavy atom. The van der Waals surface area contributed by atoms with Gasteiger partial charge in [-0.05, 0) is 25.0 Å². The van der Waals surface area contributed by atoms with Crippen LogP contribution in [0.4, 0.5) is 0 Å². The number of hydrogen-bond acceptors (Lipinski definition) is 5. The van der Waals surface area contributed by atoms with E-state index in [9.17, 15) is 14.7 Å². The molecule has 2 aliphatic rings. The highest BCUT2D eigenvalue weighted by atomic mass is 16.5. The zero-order valence-electron chi connectivity index (χ0n) is 16.8. The molecule has 7 nitrogen and oxygen atoms in total. The maximum Gasteiger partial charge on any atom is 0.219 e. The summed E-state index contributed by atoms with van der Waals surface area (Å²) in [4.78, 5) is 29.5. The number of piperidine rings is 1. The van der Waals surface area contributed by atoms with Gasteiger partial charge in [0.05, 0.1) is 6.54 Å². The van der Waals surface area contributed by atoms with Crippen LogP contribution in [0.3, 0.4) is 0 Å². The minimum absolute atomic E-state index is 0.0358. The first-order valence-electron chi connectivity index (χ1n) is 10.0. The van der Waals surface area contributed by atoms with Crippen molar-refractivity contribution in [1.82, 2.24) is 14.7 Å². The van der Waals surface area contributed by atoms with Crippen molar-refractivity contribution in [3.05, 3.63) is 30.3 Å². The molecular weight excluding hydrogens is 358 g/mol. The highest BCUT2D eigenvalue weighted by molar-refractivity contribution is 5.73. The van der Waals surface area contributed by atoms with Crippen LogP contribution in [0, 0.1) is 0 Å². The fraction of sp³-hybridized carbons (Fsp3) is 0.619. The summed E-state index contributed by atoms with van der Waals surface area (Å²) in [5.41, 5.74) is -1.14. The molecule has 0 aromatic heterocycles. The van der Waals surface area contributed by atoms with Crippen LogP contribution in [0.2, 0.25) is 0 Å². The van der Waals surface area contributed by atoms with Gasteiger partial charge in [-0.25, -0.2) is 0 Å². The molecule has 3 rings (SSSR count). The average molecular weight is 389 g/mol. The van der Waals surface area contributed by atoms with Crippen LogP contribution in [0.5, 0.6) is 5.75 Å². The standard InChI is InChI=1S/C21H31N3O4/c1-17(25)22-10-8-19(9-11-22)24-13-12-23(18(2)26)14-21(27,15-24)16-28-20-6-4-3-5-7-20/h3-7,19,27H,8-16H2,1-2H3. The molecule has 1 atom stereocenters. The quantitative estimate of drug-likeness (QED) is 0.831. The van der Waals surface area contributed by atoms with Crippen LogP contribution in [-0.4, -0.2) is 89.1 Å². The predicted molar refractivity (Wildman–Crippen MR) is 106 cm³/mol. The molecule has 0 radical (unpaired) electrons. The number of para-hydroxylation sites is 1. The number of carbonyl (C=O) groups excluding carboxylic acids is 2. The minimum Gasteiger partial charge on any atom is -0.490 e. The molecule has 28 heavy (non-hydrogen) atoms. The molecular formula is C21H31N3O4. The third kappa shape index (κ3) is 5.23. The van der Waals surface area contributed by atoms with E-state index in [-0.39, 0.29) is 25.0 Å². The Balaban J connectivity index is 1.68. The molecule has 154 valence electrons. The summed E-state index contributed by atoms with van der Waals surface area (Å²) in [6, 6.07) is 9.72. The van der Waals surface area contributed by atoms with Crippen molar-refractivity contribution in [2.45, 2.75) is 38.3 Å². The maximum absolute atomic E-state index is 12.0. The van der Waals surface area contributed by atoms with Gasteiger partial charge in [-0.2, -0.15) is 0 Å². The molecule has 1 aromatic carbocycles. The lowest BCUT2D eigenvalue weighted by molar-refractivity contribution is -0.132. The number of likely N-dealkylation sites (tertiary alicyclic amines) is 1. The van der Waals surface area contributed by atoms with Gasteiger partial charge in [0.25, 0.3) is 0 Å². The van der Waals surface area contributed by atoms with E-state index in [1.165, 1.54) is 0 Å². The Kier molecular flexibility index (Phi) is 6.57. The Hall–Kier alpha value is -2.12. The van der Waals surface area contributed by atoms with Crippen molar-refractivity contribution in [3.63, 3.8) is 0 Å². The van der Waals surface area contributed by atoms with Gasteiger partial charge in [-0.1, -0.05) is 18.2 Å². The fourth-order valence-electron chi connectivity index (χ4n) is 4.14. The third-order valence-corrected chi connectivity index (χ3v) is 5.76. The van der Waals surface area contributed by atoms with Gasteiger partial charge in [0.1, 0.15) is 18.0 Å². The zero-order valence-corrected chi connectivity index (χ0v) is 16.8. The monoisotopic (exact) mass is 389 g/mol. The molecule has 0 bridgehead atoms. The molecule has 0 saturated carbocycles. The first-order valence-corrected chi connectivity index (χ1v) is 10.0. The van der Waals surface area contributed by atoms with Crippen molar-refractivity contribution in [2.24, 2.45) is 0 Å². The molecule has 7 heteroatoms. The van der Waals surface area contributed by atoms with Crippen LogP contribution < -0.4 is 4.74 Å². The Bertz CT molecular complexity index is 675. The van der Waals surface area contributed by atoms with E-state index < -0.39 is 5.60 Å². The Morgan fingerprint density at radius 2 is 1.64 bits per heavy atom. The third-order valence-electron chi connectivity index (χ3n) is 5.76. The average Bonchev–Trinajstić information content (AvgIpc) is 2.87. The Labute approximate surface area is 166 Å². The van der Waals surface area contributed by atoms with Gasteiger partial charge < -0.3 is 19.6 Å². The number of ether oxygens (including phenoxy) is 1. The second kappa shape index (κ2) is 8.92. The summed E-state index contributed by atoms with van der Waals surface area (Å²) < 4.78 is 5.85. The summed E-state index contributed by atoms with van der Waals surface area (Å²) in [7, 11) is 0. The van der Waals surface area contributed by atoms with Gasteiger partial charge in [0.2, 0.25) is 11.8 Å². The van der Waals surface area contributed by atoms with Gasteiger partial charge in [-0.3, -0.25) is 14.5 Å². The lowest BCUT2D eigenvalue weighted by Gasteiger charge is -2.40. The number of rotatable bonds is 4. The molecule has 2 saturated heterocycles. The molecule has 1 N–H and O–H groups in total. The first kappa shape index (κ1) is 20.6. The molecule has 2 amide bonds. The summed E-state index contributed by atoms with van der Waals surface area (Å²) >= 11 is 0. The summed E-state index contributed by atoms with van der Waals surface area (Å²) in [5.74, 6) is 0.784. The topological polar surface area (TPSA) is 73.3 Å². The molecule has 0 spiro atoms. The van der Waals surface area contributed by atoms with E-state index in [0.29, 0.717) is 24.9 Å². The van der Waals surface area contributed by atoms with Crippen LogP contribution in [-0.2, 0) is 9.59 Å². The predicted octanol–water partition coefficient (Wildman–Crippen LogP) is 0.972. The molecule has 2 fully saturated rings. The molecule has 2 aliphatic heterocycles. The summed E-state index contributed by atoms with van der Waals surface area (Å²) in [6.45, 7) is 6.79. The van der Waals surface area contributed by atoms with E-state index in [4.69, 9.17) is 4.74 Å². The highest BCUT2D eigenvalue weighted by Gasteiger charge is 2.39. The number of aliphatic hydroxyl groups is 1. The molecule has 1 aromatic rings. The van der Waals surface area contributed by atoms with Crippen molar-refractivity contribution >= 4 is 11.8 Å². The number of β-amino-alcohol motifs (C(OH)–C–C–N with tert-alkyl or cyclic N) is 1. The maximum atomic E-state index is 12.0. The van der Waals surface area contributed by atoms with E-state index in [2.05, 4.69) is 4.90 Å². The zero-order chi connectivity index (χ0) is 20.1. The second-order valence-electron chi connectivity index (χ2n) is 7.97. The van der Waals surface area contributed by atoms with Gasteiger partial charge in [-0.15, -0.1) is 0 Å². The van der Waals surface area contributed by atoms with E-state index >= 15 is 0 Å². The van der Waals surface area contributed by atoms with Crippen LogP contribution in [0.15, 0.2) is 30.3 Å². The van der Waals surface area contributed by atoms with Gasteiger partial charge >= 0.3 is 0 Å². The van der Waals surface area contributed by atoms with Crippen LogP contribution in [0.25, 0.3) is 0 Å². The first-order chi connectivity index (χ1) is 13.4. The number of benzene rings is 1.